The van der Waals surface area contributed by atoms with E-state index in [0.29, 0.717) is 35.8 Å². The fourth-order valence-electron chi connectivity index (χ4n) is 3.27. The van der Waals surface area contributed by atoms with E-state index < -0.39 is 10.0 Å². The molecule has 1 aliphatic heterocycles. The highest BCUT2D eigenvalue weighted by atomic mass is 35.5. The summed E-state index contributed by atoms with van der Waals surface area (Å²) >= 11 is 5.87. The fourth-order valence-corrected chi connectivity index (χ4v) is 5.00. The third-order valence-electron chi connectivity index (χ3n) is 4.86. The van der Waals surface area contributed by atoms with Gasteiger partial charge in [0.1, 0.15) is 0 Å². The van der Waals surface area contributed by atoms with Crippen LogP contribution in [-0.2, 0) is 22.2 Å². The molecule has 3 rings (SSSR count). The van der Waals surface area contributed by atoms with Crippen LogP contribution in [0.15, 0.2) is 48.5 Å². The molecule has 0 radical (unpaired) electrons. The van der Waals surface area contributed by atoms with Gasteiger partial charge in [-0.25, -0.2) is 12.7 Å². The number of hydrogen-bond donors (Lipinski definition) is 1. The molecular weight excluding hydrogens is 396 g/mol. The average molecular weight is 421 g/mol. The highest BCUT2D eigenvalue weighted by Gasteiger charge is 2.25. The molecule has 2 aromatic rings. The summed E-state index contributed by atoms with van der Waals surface area (Å²) in [5.41, 5.74) is 2.42. The van der Waals surface area contributed by atoms with Crippen LogP contribution in [0.1, 0.15) is 40.7 Å². The van der Waals surface area contributed by atoms with Crippen molar-refractivity contribution in [1.29, 1.82) is 0 Å². The van der Waals surface area contributed by atoms with Crippen molar-refractivity contribution in [3.8, 4) is 0 Å². The summed E-state index contributed by atoms with van der Waals surface area (Å²) in [7, 11) is -3.27. The Morgan fingerprint density at radius 1 is 0.964 bits per heavy atom. The van der Waals surface area contributed by atoms with Crippen LogP contribution in [0.5, 0.6) is 0 Å². The molecule has 0 atom stereocenters. The lowest BCUT2D eigenvalue weighted by Crippen LogP contribution is -2.29. The number of benzene rings is 2. The van der Waals surface area contributed by atoms with Crippen LogP contribution in [0, 0.1) is 0 Å². The minimum absolute atomic E-state index is 0.0179. The number of rotatable bonds is 8. The monoisotopic (exact) mass is 420 g/mol. The van der Waals surface area contributed by atoms with Gasteiger partial charge in [-0.05, 0) is 61.1 Å². The summed E-state index contributed by atoms with van der Waals surface area (Å²) < 4.78 is 26.3. The van der Waals surface area contributed by atoms with Crippen LogP contribution in [0.2, 0.25) is 5.02 Å². The van der Waals surface area contributed by atoms with E-state index in [1.54, 1.807) is 28.6 Å². The summed E-state index contributed by atoms with van der Waals surface area (Å²) in [5.74, 6) is -0.166. The van der Waals surface area contributed by atoms with Crippen molar-refractivity contribution in [1.82, 2.24) is 9.62 Å². The predicted octanol–water partition coefficient (Wildman–Crippen LogP) is 3.63. The first-order chi connectivity index (χ1) is 13.4. The topological polar surface area (TPSA) is 66.5 Å². The zero-order valence-corrected chi connectivity index (χ0v) is 17.3. The Kier molecular flexibility index (Phi) is 7.10. The van der Waals surface area contributed by atoms with Crippen LogP contribution < -0.4 is 5.32 Å². The van der Waals surface area contributed by atoms with Gasteiger partial charge >= 0.3 is 0 Å². The van der Waals surface area contributed by atoms with Crippen molar-refractivity contribution < 1.29 is 13.2 Å². The number of carbonyl (C=O) groups is 1. The Bertz CT molecular complexity index is 890. The molecule has 1 saturated heterocycles. The normalized spacial score (nSPS) is 14.9. The standard InChI is InChI=1S/C21H25ClN2O3S/c22-20-11-7-17(8-12-20)4-3-13-23-21(25)19-9-5-18(6-10-19)16-28(26,27)24-14-1-2-15-24/h5-12H,1-4,13-16H2,(H,23,25). The molecule has 1 heterocycles. The Labute approximate surface area is 171 Å². The number of hydrogen-bond acceptors (Lipinski definition) is 3. The minimum Gasteiger partial charge on any atom is -0.352 e. The molecule has 1 aliphatic rings. The summed E-state index contributed by atoms with van der Waals surface area (Å²) in [5, 5.41) is 3.62. The fraction of sp³-hybridized carbons (Fsp3) is 0.381. The predicted molar refractivity (Wildman–Crippen MR) is 112 cm³/mol. The highest BCUT2D eigenvalue weighted by molar-refractivity contribution is 7.88. The first-order valence-electron chi connectivity index (χ1n) is 9.53. The summed E-state index contributed by atoms with van der Waals surface area (Å²) in [6, 6.07) is 14.5. The lowest BCUT2D eigenvalue weighted by molar-refractivity contribution is 0.0953. The second-order valence-electron chi connectivity index (χ2n) is 7.05. The number of carbonyl (C=O) groups excluding carboxylic acids is 1. The van der Waals surface area contributed by atoms with Gasteiger partial charge in [0, 0.05) is 30.2 Å². The van der Waals surface area contributed by atoms with Crippen LogP contribution in [0.25, 0.3) is 0 Å². The van der Waals surface area contributed by atoms with Crippen molar-refractivity contribution >= 4 is 27.5 Å². The first kappa shape index (κ1) is 20.8. The number of sulfonamides is 1. The minimum atomic E-state index is -3.27. The zero-order chi connectivity index (χ0) is 20.0. The lowest BCUT2D eigenvalue weighted by Gasteiger charge is -2.15. The first-order valence-corrected chi connectivity index (χ1v) is 11.5. The quantitative estimate of drug-likeness (QED) is 0.663. The lowest BCUT2D eigenvalue weighted by atomic mass is 10.1. The maximum absolute atomic E-state index is 12.4. The number of halogens is 1. The largest absolute Gasteiger partial charge is 0.352 e. The molecule has 1 amide bonds. The van der Waals surface area contributed by atoms with E-state index in [9.17, 15) is 13.2 Å². The number of aryl methyl sites for hydroxylation is 1. The van der Waals surface area contributed by atoms with Crippen molar-refractivity contribution in [2.24, 2.45) is 0 Å². The van der Waals surface area contributed by atoms with Gasteiger partial charge < -0.3 is 5.32 Å². The van der Waals surface area contributed by atoms with E-state index in [1.807, 2.05) is 24.3 Å². The van der Waals surface area contributed by atoms with Crippen LogP contribution in [0.3, 0.4) is 0 Å². The van der Waals surface area contributed by atoms with Crippen molar-refractivity contribution in [3.05, 3.63) is 70.2 Å². The number of nitrogens with zero attached hydrogens (tertiary/aromatic N) is 1. The molecule has 0 bridgehead atoms. The third-order valence-corrected chi connectivity index (χ3v) is 6.97. The molecule has 28 heavy (non-hydrogen) atoms. The maximum atomic E-state index is 12.4. The molecule has 0 aromatic heterocycles. The molecule has 0 unspecified atom stereocenters. The van der Waals surface area contributed by atoms with E-state index in [1.165, 1.54) is 5.56 Å². The summed E-state index contributed by atoms with van der Waals surface area (Å²) in [4.78, 5) is 12.3. The number of nitrogens with one attached hydrogen (secondary N) is 1. The molecule has 1 fully saturated rings. The van der Waals surface area contributed by atoms with Crippen LogP contribution >= 0.6 is 11.6 Å². The molecule has 1 N–H and O–H groups in total. The highest BCUT2D eigenvalue weighted by Crippen LogP contribution is 2.17. The maximum Gasteiger partial charge on any atom is 0.251 e. The van der Waals surface area contributed by atoms with Gasteiger partial charge in [-0.2, -0.15) is 0 Å². The van der Waals surface area contributed by atoms with Gasteiger partial charge in [-0.3, -0.25) is 4.79 Å². The Hall–Kier alpha value is -1.89. The second-order valence-corrected chi connectivity index (χ2v) is 9.45. The SMILES string of the molecule is O=C(NCCCc1ccc(Cl)cc1)c1ccc(CS(=O)(=O)N2CCCC2)cc1. The molecule has 0 saturated carbocycles. The molecule has 150 valence electrons. The van der Waals surface area contributed by atoms with Gasteiger partial charge in [0.15, 0.2) is 0 Å². The van der Waals surface area contributed by atoms with E-state index in [-0.39, 0.29) is 11.7 Å². The zero-order valence-electron chi connectivity index (χ0n) is 15.7. The molecular formula is C21H25ClN2O3S. The van der Waals surface area contributed by atoms with Crippen LogP contribution in [-0.4, -0.2) is 38.3 Å². The van der Waals surface area contributed by atoms with E-state index in [4.69, 9.17) is 11.6 Å². The average Bonchev–Trinajstić information content (AvgIpc) is 3.23. The summed E-state index contributed by atoms with van der Waals surface area (Å²) in [6.07, 6.45) is 3.55. The van der Waals surface area contributed by atoms with Gasteiger partial charge in [0.2, 0.25) is 10.0 Å². The molecule has 2 aromatic carbocycles. The molecule has 0 aliphatic carbocycles. The summed E-state index contributed by atoms with van der Waals surface area (Å²) in [6.45, 7) is 1.80. The molecule has 7 heteroatoms. The number of amides is 1. The van der Waals surface area contributed by atoms with Gasteiger partial charge in [-0.1, -0.05) is 35.9 Å². The van der Waals surface area contributed by atoms with Gasteiger partial charge in [0.25, 0.3) is 5.91 Å². The molecule has 0 spiro atoms. The van der Waals surface area contributed by atoms with Crippen molar-refractivity contribution in [2.75, 3.05) is 19.6 Å². The van der Waals surface area contributed by atoms with E-state index in [0.717, 1.165) is 25.7 Å². The van der Waals surface area contributed by atoms with Gasteiger partial charge in [0.05, 0.1) is 5.75 Å². The third kappa shape index (κ3) is 5.80. The Morgan fingerprint density at radius 3 is 2.21 bits per heavy atom. The van der Waals surface area contributed by atoms with Crippen LogP contribution in [0.4, 0.5) is 0 Å². The van der Waals surface area contributed by atoms with E-state index >= 15 is 0 Å². The second kappa shape index (κ2) is 9.54. The Balaban J connectivity index is 1.46. The smallest absolute Gasteiger partial charge is 0.251 e. The van der Waals surface area contributed by atoms with Crippen molar-refractivity contribution in [2.45, 2.75) is 31.4 Å². The molecule has 5 nitrogen and oxygen atoms in total. The Morgan fingerprint density at radius 2 is 1.57 bits per heavy atom. The van der Waals surface area contributed by atoms with E-state index in [2.05, 4.69) is 5.32 Å². The van der Waals surface area contributed by atoms with Gasteiger partial charge in [-0.15, -0.1) is 0 Å². The van der Waals surface area contributed by atoms with Crippen molar-refractivity contribution in [3.63, 3.8) is 0 Å².